The molecule has 4 fully saturated rings. The van der Waals surface area contributed by atoms with Gasteiger partial charge in [0.2, 0.25) is 0 Å². The molecule has 190 valence electrons. The quantitative estimate of drug-likeness (QED) is 0.433. The molecule has 0 radical (unpaired) electrons. The van der Waals surface area contributed by atoms with Crippen LogP contribution >= 0.6 is 0 Å². The second kappa shape index (κ2) is 7.39. The van der Waals surface area contributed by atoms with Gasteiger partial charge >= 0.3 is 0 Å². The molecule has 8 atom stereocenters. The number of Topliss-reactive ketones (excluding diaryl/α,β-unsaturated/α-hetero) is 3. The van der Waals surface area contributed by atoms with E-state index >= 15 is 0 Å². The zero-order chi connectivity index (χ0) is 25.8. The van der Waals surface area contributed by atoms with Gasteiger partial charge in [-0.15, -0.1) is 0 Å². The van der Waals surface area contributed by atoms with Crippen molar-refractivity contribution in [1.82, 2.24) is 0 Å². The monoisotopic (exact) mass is 477 g/mol. The van der Waals surface area contributed by atoms with Crippen LogP contribution < -0.4 is 0 Å². The number of hydrogen-bond acceptors (Lipinski definition) is 4. The van der Waals surface area contributed by atoms with Crippen LogP contribution in [0.5, 0.6) is 0 Å². The lowest BCUT2D eigenvalue weighted by molar-refractivity contribution is -0.191. The van der Waals surface area contributed by atoms with E-state index in [1.807, 2.05) is 19.9 Å². The molecule has 4 saturated carbocycles. The third-order valence-electron chi connectivity index (χ3n) is 12.4. The second-order valence-corrected chi connectivity index (χ2v) is 14.8. The van der Waals surface area contributed by atoms with Gasteiger partial charge in [0.25, 0.3) is 0 Å². The summed E-state index contributed by atoms with van der Waals surface area (Å²) in [7, 11) is 0. The van der Waals surface area contributed by atoms with Crippen molar-refractivity contribution in [3.8, 4) is 6.07 Å². The molecule has 0 heterocycles. The summed E-state index contributed by atoms with van der Waals surface area (Å²) in [5.41, 5.74) is -0.867. The summed E-state index contributed by atoms with van der Waals surface area (Å²) >= 11 is 0. The molecule has 0 spiro atoms. The van der Waals surface area contributed by atoms with Crippen molar-refractivity contribution in [3.63, 3.8) is 0 Å². The van der Waals surface area contributed by atoms with E-state index in [2.05, 4.69) is 33.8 Å². The molecule has 0 bridgehead atoms. The van der Waals surface area contributed by atoms with Gasteiger partial charge in [-0.05, 0) is 91.8 Å². The van der Waals surface area contributed by atoms with Gasteiger partial charge in [0.05, 0.1) is 5.57 Å². The van der Waals surface area contributed by atoms with Crippen molar-refractivity contribution >= 4 is 17.3 Å². The first kappa shape index (κ1) is 24.9. The molecule has 0 aliphatic heterocycles. The number of rotatable bonds is 1. The largest absolute Gasteiger partial charge is 0.299 e. The molecule has 0 N–H and O–H groups in total. The molecule has 8 unspecified atom stereocenters. The normalized spacial score (nSPS) is 47.8. The molecular weight excluding hydrogens is 434 g/mol. The summed E-state index contributed by atoms with van der Waals surface area (Å²) in [5.74, 6) is 1.24. The predicted molar refractivity (Wildman–Crippen MR) is 135 cm³/mol. The maximum atomic E-state index is 14.2. The number of allylic oxidation sites excluding steroid dienone is 2. The van der Waals surface area contributed by atoms with Gasteiger partial charge in [-0.25, -0.2) is 0 Å². The van der Waals surface area contributed by atoms with E-state index in [4.69, 9.17) is 0 Å². The minimum absolute atomic E-state index is 0.0259. The third-order valence-corrected chi connectivity index (χ3v) is 12.4. The standard InChI is InChI=1S/C31H43NO3/c1-18(33)31-11-8-20-25(21(31)16-27(2,3)12-13-31)22(34)14-24-29(20,6)10-9-23-28(4,5)26(35)19(17-32)15-30(23,24)7/h15,20-21,23-25H,8-14,16H2,1-7H3. The van der Waals surface area contributed by atoms with Crippen LogP contribution in [0.15, 0.2) is 11.6 Å². The van der Waals surface area contributed by atoms with Crippen molar-refractivity contribution in [2.24, 2.45) is 56.7 Å². The van der Waals surface area contributed by atoms with Gasteiger partial charge in [-0.3, -0.25) is 14.4 Å². The molecule has 35 heavy (non-hydrogen) atoms. The summed E-state index contributed by atoms with van der Waals surface area (Å²) < 4.78 is 0. The number of nitriles is 1. The number of hydrogen-bond donors (Lipinski definition) is 0. The SMILES string of the molecule is CC(=O)C12CCC3C(C(=O)CC4C5(C)C=C(C#N)C(=O)C(C)(C)C5CCC34C)C1CC(C)(C)CC2. The van der Waals surface area contributed by atoms with Gasteiger partial charge in [0, 0.05) is 23.2 Å². The number of nitrogens with zero attached hydrogens (tertiary/aromatic N) is 1. The van der Waals surface area contributed by atoms with E-state index < -0.39 is 5.41 Å². The molecule has 5 rings (SSSR count). The van der Waals surface area contributed by atoms with Crippen molar-refractivity contribution in [2.75, 3.05) is 0 Å². The average Bonchev–Trinajstić information content (AvgIpc) is 2.76. The summed E-state index contributed by atoms with van der Waals surface area (Å²) in [6, 6.07) is 2.20. The first-order chi connectivity index (χ1) is 16.1. The molecule has 0 saturated heterocycles. The number of ketones is 3. The molecule has 5 aliphatic rings. The fourth-order valence-electron chi connectivity index (χ4n) is 10.5. The maximum Gasteiger partial charge on any atom is 0.178 e. The molecule has 0 aromatic rings. The second-order valence-electron chi connectivity index (χ2n) is 14.8. The van der Waals surface area contributed by atoms with Crippen molar-refractivity contribution < 1.29 is 14.4 Å². The smallest absolute Gasteiger partial charge is 0.178 e. The van der Waals surface area contributed by atoms with Crippen LogP contribution in [-0.4, -0.2) is 17.3 Å². The van der Waals surface area contributed by atoms with Crippen LogP contribution in [0.2, 0.25) is 0 Å². The Balaban J connectivity index is 1.60. The minimum atomic E-state index is -0.598. The Bertz CT molecular complexity index is 1080. The lowest BCUT2D eigenvalue weighted by Gasteiger charge is -2.67. The highest BCUT2D eigenvalue weighted by Crippen LogP contribution is 2.71. The van der Waals surface area contributed by atoms with E-state index in [9.17, 15) is 19.6 Å². The van der Waals surface area contributed by atoms with Crippen molar-refractivity contribution in [1.29, 1.82) is 5.26 Å². The fourth-order valence-corrected chi connectivity index (χ4v) is 10.5. The zero-order valence-electron chi connectivity index (χ0n) is 22.8. The van der Waals surface area contributed by atoms with Gasteiger partial charge in [0.1, 0.15) is 17.6 Å². The Morgan fingerprint density at radius 3 is 2.26 bits per heavy atom. The highest BCUT2D eigenvalue weighted by molar-refractivity contribution is 6.04. The number of carbonyl (C=O) groups is 3. The summed E-state index contributed by atoms with van der Waals surface area (Å²) in [6.45, 7) is 15.0. The van der Waals surface area contributed by atoms with E-state index in [-0.39, 0.29) is 62.6 Å². The van der Waals surface area contributed by atoms with Crippen LogP contribution in [0.3, 0.4) is 0 Å². The highest BCUT2D eigenvalue weighted by Gasteiger charge is 2.68. The average molecular weight is 478 g/mol. The molecule has 0 aromatic carbocycles. The van der Waals surface area contributed by atoms with E-state index in [0.29, 0.717) is 18.0 Å². The molecular formula is C31H43NO3. The van der Waals surface area contributed by atoms with E-state index in [1.165, 1.54) is 0 Å². The van der Waals surface area contributed by atoms with Crippen LogP contribution in [0.25, 0.3) is 0 Å². The zero-order valence-corrected chi connectivity index (χ0v) is 22.8. The Hall–Kier alpha value is -1.76. The fraction of sp³-hybridized carbons (Fsp3) is 0.806. The number of carbonyl (C=O) groups excluding carboxylic acids is 3. The van der Waals surface area contributed by atoms with Gasteiger partial charge in [0.15, 0.2) is 5.78 Å². The highest BCUT2D eigenvalue weighted by atomic mass is 16.1. The third kappa shape index (κ3) is 3.12. The van der Waals surface area contributed by atoms with Crippen molar-refractivity contribution in [3.05, 3.63) is 11.6 Å². The molecule has 5 aliphatic carbocycles. The predicted octanol–water partition coefficient (Wildman–Crippen LogP) is 6.48. The molecule has 4 heteroatoms. The summed E-state index contributed by atoms with van der Waals surface area (Å²) in [5, 5.41) is 9.82. The van der Waals surface area contributed by atoms with Crippen molar-refractivity contribution in [2.45, 2.75) is 99.8 Å². The topological polar surface area (TPSA) is 75.0 Å². The number of fused-ring (bicyclic) bond motifs is 7. The molecule has 0 amide bonds. The minimum Gasteiger partial charge on any atom is -0.299 e. The van der Waals surface area contributed by atoms with Crippen LogP contribution in [0, 0.1) is 68.0 Å². The molecule has 0 aromatic heterocycles. The molecule has 4 nitrogen and oxygen atoms in total. The van der Waals surface area contributed by atoms with Crippen LogP contribution in [0.1, 0.15) is 99.8 Å². The first-order valence-electron chi connectivity index (χ1n) is 13.9. The maximum absolute atomic E-state index is 14.2. The van der Waals surface area contributed by atoms with Crippen LogP contribution in [-0.2, 0) is 14.4 Å². The van der Waals surface area contributed by atoms with Gasteiger partial charge in [-0.1, -0.05) is 47.6 Å². The Labute approximate surface area is 211 Å². The van der Waals surface area contributed by atoms with E-state index in [1.54, 1.807) is 6.92 Å². The first-order valence-corrected chi connectivity index (χ1v) is 13.9. The van der Waals surface area contributed by atoms with Gasteiger partial charge in [-0.2, -0.15) is 5.26 Å². The Morgan fingerprint density at radius 2 is 1.63 bits per heavy atom. The summed E-state index contributed by atoms with van der Waals surface area (Å²) in [6.07, 6.45) is 9.22. The van der Waals surface area contributed by atoms with E-state index in [0.717, 1.165) is 44.9 Å². The Morgan fingerprint density at radius 1 is 0.943 bits per heavy atom. The Kier molecular flexibility index (Phi) is 5.26. The summed E-state index contributed by atoms with van der Waals surface area (Å²) in [4.78, 5) is 40.5. The lowest BCUT2D eigenvalue weighted by Crippen LogP contribution is -2.65. The van der Waals surface area contributed by atoms with Crippen LogP contribution in [0.4, 0.5) is 0 Å². The lowest BCUT2D eigenvalue weighted by atomic mass is 9.35. The van der Waals surface area contributed by atoms with Gasteiger partial charge < -0.3 is 0 Å².